The Balaban J connectivity index is -0.000000309. The van der Waals surface area contributed by atoms with Crippen LogP contribution in [-0.2, 0) is 71.9 Å². The van der Waals surface area contributed by atoms with Crippen molar-refractivity contribution in [2.75, 3.05) is 13.2 Å². The second-order valence-electron chi connectivity index (χ2n) is 20.4. The van der Waals surface area contributed by atoms with Crippen LogP contribution in [0.5, 0.6) is 0 Å². The predicted molar refractivity (Wildman–Crippen MR) is 331 cm³/mol. The minimum Gasteiger partial charge on any atom is -0.480 e. The third-order valence-corrected chi connectivity index (χ3v) is 10.7. The summed E-state index contributed by atoms with van der Waals surface area (Å²) in [7, 11) is 0. The molecule has 0 aliphatic rings. The standard InChI is InChI=1S/C15H22N2O3.2C9H11NO2.C6H14N4O2.C6H13NO2.C5H11NO2.C4H8N2O3.C3H7NO3/c1-10(2)8-12(16)14(18)20-15(19)13(17)9-11-6-4-3-5-7-11;2*10-8(9(11)12)6-7-4-2-1-3-5-7;7-4(5(11)12)2-1-3-10-6(8)9;1-4(2)3-5(7)6(8)9;1-3(2)4(6)5(7)8;5-2(4(8)9)1-3(6)7;4-2(1-5)3(6)7/h3-7,10,12-13H,8-9,16-17H2,1-2H3;2*1-5,8H,6,10H2,(H,11,12);4H,1-3,7H2,(H,11,12)(H4,8,9,10);4-5H,3,7H2,1-2H3,(H,8,9);3-4H,6H2,1-2H3,(H,7,8);2H,1,5H2,(H2,6,7)(H,8,9);2,5H,1,4H2,(H,6,7)/t12-,13-;2*8-;4-;5-;4-;2*2-/m00000000/s1. The average Bonchev–Trinajstić information content (AvgIpc) is 3.46. The maximum Gasteiger partial charge on any atom is 0.330 e. The fourth-order valence-corrected chi connectivity index (χ4v) is 5.66. The molecular formula is C57H97N13O19. The fourth-order valence-electron chi connectivity index (χ4n) is 5.66. The Morgan fingerprint density at radius 1 is 0.438 bits per heavy atom. The van der Waals surface area contributed by atoms with Crippen molar-refractivity contribution in [1.29, 1.82) is 5.41 Å². The number of benzene rings is 3. The van der Waals surface area contributed by atoms with Gasteiger partial charge in [0.1, 0.15) is 54.4 Å². The number of amides is 1. The first kappa shape index (κ1) is 89.2. The largest absolute Gasteiger partial charge is 0.480 e. The van der Waals surface area contributed by atoms with Crippen molar-refractivity contribution in [3.63, 3.8) is 0 Å². The number of carbonyl (C=O) groups excluding carboxylic acids is 3. The molecule has 0 fully saturated rings. The first-order valence-corrected chi connectivity index (χ1v) is 27.4. The Bertz CT molecular complexity index is 2450. The SMILES string of the molecule is CC(C)C[C@H](N)C(=O)O.CC(C)C[C@H](N)C(=O)OC(=O)[C@@H](N)Cc1ccccc1.CC(C)[C@H](N)C(=O)O.N=C(N)NCCC[C@H](N)C(=O)O.NC(=O)C[C@H](N)C(=O)O.N[C@@H](CO)C(=O)O.N[C@@H](Cc1ccccc1)C(=O)O.N[C@@H](Cc1ccccc1)C(=O)O. The number of carboxylic acids is 7. The molecule has 0 aliphatic heterocycles. The highest BCUT2D eigenvalue weighted by Crippen LogP contribution is 2.08. The molecule has 32 N–H and O–H groups in total. The van der Waals surface area contributed by atoms with Crippen LogP contribution in [0.3, 0.4) is 0 Å². The van der Waals surface area contributed by atoms with E-state index in [1.54, 1.807) is 13.8 Å². The highest BCUT2D eigenvalue weighted by Gasteiger charge is 2.24. The molecule has 0 heterocycles. The van der Waals surface area contributed by atoms with Gasteiger partial charge in [-0.2, -0.15) is 0 Å². The van der Waals surface area contributed by atoms with Gasteiger partial charge in [0, 0.05) is 6.54 Å². The summed E-state index contributed by atoms with van der Waals surface area (Å²) < 4.78 is 4.72. The lowest BCUT2D eigenvalue weighted by atomic mass is 10.0. The second kappa shape index (κ2) is 52.5. The second-order valence-corrected chi connectivity index (χ2v) is 20.4. The molecule has 0 saturated heterocycles. The zero-order valence-corrected chi connectivity index (χ0v) is 51.1. The first-order chi connectivity index (χ1) is 41.1. The van der Waals surface area contributed by atoms with Gasteiger partial charge in [0.25, 0.3) is 0 Å². The molecular weight excluding hydrogens is 1170 g/mol. The molecule has 0 saturated carbocycles. The molecule has 9 atom stereocenters. The predicted octanol–water partition coefficient (Wildman–Crippen LogP) is -1.89. The number of nitrogens with two attached hydrogens (primary N) is 11. The zero-order chi connectivity index (χ0) is 70.1. The number of aliphatic carboxylic acids is 7. The Hall–Kier alpha value is -8.57. The van der Waals surface area contributed by atoms with Crippen molar-refractivity contribution in [1.82, 2.24) is 5.32 Å². The lowest BCUT2D eigenvalue weighted by Gasteiger charge is -2.14. The van der Waals surface area contributed by atoms with E-state index in [9.17, 15) is 47.9 Å². The van der Waals surface area contributed by atoms with Crippen LogP contribution in [0, 0.1) is 23.2 Å². The number of rotatable bonds is 27. The van der Waals surface area contributed by atoms with Crippen LogP contribution in [0.25, 0.3) is 0 Å². The zero-order valence-electron chi connectivity index (χ0n) is 51.1. The van der Waals surface area contributed by atoms with E-state index in [4.69, 9.17) is 108 Å². The average molecular weight is 1270 g/mol. The molecule has 0 aromatic heterocycles. The minimum absolute atomic E-state index is 0.0208. The van der Waals surface area contributed by atoms with Crippen LogP contribution in [0.4, 0.5) is 0 Å². The van der Waals surface area contributed by atoms with E-state index in [1.807, 2.05) is 119 Å². The number of primary amides is 1. The van der Waals surface area contributed by atoms with Crippen molar-refractivity contribution >= 4 is 65.6 Å². The molecule has 89 heavy (non-hydrogen) atoms. The van der Waals surface area contributed by atoms with Gasteiger partial charge in [-0.05, 0) is 79.4 Å². The molecule has 504 valence electrons. The number of hydrogen-bond donors (Lipinski definition) is 21. The summed E-state index contributed by atoms with van der Waals surface area (Å²) in [4.78, 5) is 104. The van der Waals surface area contributed by atoms with Crippen LogP contribution in [0.15, 0.2) is 91.0 Å². The maximum absolute atomic E-state index is 11.7. The lowest BCUT2D eigenvalue weighted by Crippen LogP contribution is -2.41. The number of esters is 2. The molecule has 0 unspecified atom stereocenters. The summed E-state index contributed by atoms with van der Waals surface area (Å²) in [5.74, 6) is -8.79. The number of guanidine groups is 1. The molecule has 1 amide bonds. The topological polar surface area (TPSA) is 664 Å². The van der Waals surface area contributed by atoms with Crippen LogP contribution < -0.4 is 68.4 Å². The summed E-state index contributed by atoms with van der Waals surface area (Å²) in [6.07, 6.45) is 2.78. The van der Waals surface area contributed by atoms with E-state index in [0.29, 0.717) is 57.4 Å². The summed E-state index contributed by atoms with van der Waals surface area (Å²) in [6.45, 7) is 11.3. The van der Waals surface area contributed by atoms with Gasteiger partial charge in [-0.15, -0.1) is 0 Å². The van der Waals surface area contributed by atoms with Gasteiger partial charge < -0.3 is 114 Å². The molecule has 32 heteroatoms. The van der Waals surface area contributed by atoms with Gasteiger partial charge in [-0.1, -0.05) is 133 Å². The molecule has 0 radical (unpaired) electrons. The van der Waals surface area contributed by atoms with E-state index < -0.39 is 121 Å². The van der Waals surface area contributed by atoms with Crippen LogP contribution >= 0.6 is 0 Å². The molecule has 32 nitrogen and oxygen atoms in total. The number of aliphatic hydroxyl groups is 1. The number of carboxylic acid groups (broad SMARTS) is 7. The van der Waals surface area contributed by atoms with Crippen molar-refractivity contribution in [3.05, 3.63) is 108 Å². The Morgan fingerprint density at radius 2 is 0.753 bits per heavy atom. The quantitative estimate of drug-likeness (QED) is 0.0130. The number of carbonyl (C=O) groups is 10. The summed E-state index contributed by atoms with van der Waals surface area (Å²) in [6, 6.07) is 20.2. The van der Waals surface area contributed by atoms with Crippen molar-refractivity contribution in [2.24, 2.45) is 80.8 Å². The number of ether oxygens (including phenoxy) is 1. The molecule has 0 bridgehead atoms. The van der Waals surface area contributed by atoms with E-state index >= 15 is 0 Å². The normalized spacial score (nSPS) is 13.1. The number of aliphatic hydroxyl groups excluding tert-OH is 1. The third-order valence-electron chi connectivity index (χ3n) is 10.7. The van der Waals surface area contributed by atoms with Crippen molar-refractivity contribution < 1.29 is 93.5 Å². The molecule has 3 rings (SSSR count). The molecule has 3 aromatic rings. The Kier molecular flexibility index (Phi) is 52.7. The molecule has 0 spiro atoms. The van der Waals surface area contributed by atoms with E-state index in [0.717, 1.165) is 16.7 Å². The van der Waals surface area contributed by atoms with Gasteiger partial charge in [0.15, 0.2) is 5.96 Å². The fraction of sp³-hybridized carbons (Fsp3) is 0.491. The summed E-state index contributed by atoms with van der Waals surface area (Å²) >= 11 is 0. The van der Waals surface area contributed by atoms with Crippen LogP contribution in [0.2, 0.25) is 0 Å². The summed E-state index contributed by atoms with van der Waals surface area (Å²) in [5, 5.41) is 75.3. The Labute approximate surface area is 517 Å². The minimum atomic E-state index is -1.21. The van der Waals surface area contributed by atoms with Gasteiger partial charge in [0.2, 0.25) is 5.91 Å². The van der Waals surface area contributed by atoms with E-state index in [2.05, 4.69) is 11.1 Å². The molecule has 3 aromatic carbocycles. The number of nitrogens with one attached hydrogen (secondary N) is 2. The van der Waals surface area contributed by atoms with E-state index in [1.165, 1.54) is 0 Å². The smallest absolute Gasteiger partial charge is 0.330 e. The van der Waals surface area contributed by atoms with Crippen molar-refractivity contribution in [2.45, 2.75) is 147 Å². The third kappa shape index (κ3) is 55.7. The van der Waals surface area contributed by atoms with Gasteiger partial charge in [-0.25, -0.2) is 9.59 Å². The first-order valence-electron chi connectivity index (χ1n) is 27.4. The van der Waals surface area contributed by atoms with Crippen LogP contribution in [0.1, 0.15) is 90.3 Å². The maximum atomic E-state index is 11.7. The van der Waals surface area contributed by atoms with Gasteiger partial charge >= 0.3 is 53.7 Å². The highest BCUT2D eigenvalue weighted by atomic mass is 16.6. The van der Waals surface area contributed by atoms with Gasteiger partial charge in [0.05, 0.1) is 13.0 Å². The van der Waals surface area contributed by atoms with Crippen LogP contribution in [-0.4, -0.2) is 174 Å². The molecule has 0 aliphatic carbocycles. The van der Waals surface area contributed by atoms with Crippen molar-refractivity contribution in [3.8, 4) is 0 Å². The number of hydrogen-bond acceptors (Lipinski definition) is 22. The van der Waals surface area contributed by atoms with Gasteiger partial charge in [-0.3, -0.25) is 43.8 Å². The lowest BCUT2D eigenvalue weighted by molar-refractivity contribution is -0.162. The van der Waals surface area contributed by atoms with E-state index in [-0.39, 0.29) is 24.2 Å². The highest BCUT2D eigenvalue weighted by molar-refractivity contribution is 5.91. The summed E-state index contributed by atoms with van der Waals surface area (Å²) in [5.41, 5.74) is 59.8. The Morgan fingerprint density at radius 3 is 0.978 bits per heavy atom. The monoisotopic (exact) mass is 1270 g/mol.